The Morgan fingerprint density at radius 2 is 1.89 bits per heavy atom. The predicted molar refractivity (Wildman–Crippen MR) is 71.7 cm³/mol. The zero-order valence-electron chi connectivity index (χ0n) is 9.56. The molecule has 0 saturated heterocycles. The van der Waals surface area contributed by atoms with E-state index >= 15 is 0 Å². The second kappa shape index (κ2) is 5.44. The number of rotatable bonds is 3. The molecule has 2 aromatic carbocycles. The van der Waals surface area contributed by atoms with Crippen LogP contribution in [0.5, 0.6) is 11.5 Å². The fraction of sp³-hybridized carbons (Fsp3) is 0.0714. The molecule has 0 amide bonds. The Morgan fingerprint density at radius 3 is 2.56 bits per heavy atom. The van der Waals surface area contributed by atoms with Crippen LogP contribution in [0.15, 0.2) is 42.5 Å². The Hall–Kier alpha value is -2.18. The number of hydrogen-bond acceptors (Lipinski definition) is 3. The molecule has 0 atom stereocenters. The highest BCUT2D eigenvalue weighted by atomic mass is 35.5. The van der Waals surface area contributed by atoms with E-state index in [1.165, 1.54) is 0 Å². The number of halogens is 1. The Morgan fingerprint density at radius 1 is 1.17 bits per heavy atom. The molecule has 0 saturated carbocycles. The van der Waals surface area contributed by atoms with Crippen molar-refractivity contribution in [3.8, 4) is 17.6 Å². The monoisotopic (exact) mass is 258 g/mol. The molecule has 0 aliphatic carbocycles. The highest BCUT2D eigenvalue weighted by molar-refractivity contribution is 6.33. The van der Waals surface area contributed by atoms with Crippen molar-refractivity contribution in [2.45, 2.75) is 6.42 Å². The third-order valence-electron chi connectivity index (χ3n) is 2.45. The van der Waals surface area contributed by atoms with Crippen LogP contribution < -0.4 is 10.5 Å². The molecule has 4 heteroatoms. The molecular formula is C14H11ClN2O. The molecule has 18 heavy (non-hydrogen) atoms. The lowest BCUT2D eigenvalue weighted by Gasteiger charge is -2.09. The first-order valence-electron chi connectivity index (χ1n) is 5.38. The number of benzene rings is 2. The molecule has 0 radical (unpaired) electrons. The smallest absolute Gasteiger partial charge is 0.151 e. The van der Waals surface area contributed by atoms with Crippen LogP contribution in [-0.2, 0) is 6.42 Å². The average Bonchev–Trinajstić information content (AvgIpc) is 2.38. The maximum atomic E-state index is 8.58. The normalized spacial score (nSPS) is 9.78. The summed E-state index contributed by atoms with van der Waals surface area (Å²) in [5.74, 6) is 1.18. The van der Waals surface area contributed by atoms with E-state index in [1.807, 2.05) is 12.1 Å². The molecule has 0 unspecified atom stereocenters. The predicted octanol–water partition coefficient (Wildman–Crippen LogP) is 3.78. The molecule has 0 aromatic heterocycles. The SMILES string of the molecule is N#CCc1ccc(Oc2cccc(Cl)c2N)cc1. The standard InChI is InChI=1S/C14H11ClN2O/c15-12-2-1-3-13(14(12)17)18-11-6-4-10(5-7-11)8-9-16/h1-7H,8,17H2. The van der Waals surface area contributed by atoms with Crippen LogP contribution in [-0.4, -0.2) is 0 Å². The lowest BCUT2D eigenvalue weighted by molar-refractivity contribution is 0.485. The summed E-state index contributed by atoms with van der Waals surface area (Å²) < 4.78 is 5.63. The molecular weight excluding hydrogens is 248 g/mol. The van der Waals surface area contributed by atoms with E-state index in [0.717, 1.165) is 5.56 Å². The molecule has 0 spiro atoms. The van der Waals surface area contributed by atoms with Crippen LogP contribution in [0.4, 0.5) is 5.69 Å². The lowest BCUT2D eigenvalue weighted by Crippen LogP contribution is -1.93. The number of nitrogen functional groups attached to an aromatic ring is 1. The first kappa shape index (κ1) is 12.3. The van der Waals surface area contributed by atoms with Crippen LogP contribution >= 0.6 is 11.6 Å². The quantitative estimate of drug-likeness (QED) is 0.853. The van der Waals surface area contributed by atoms with Gasteiger partial charge in [-0.05, 0) is 29.8 Å². The van der Waals surface area contributed by atoms with Gasteiger partial charge in [0, 0.05) is 0 Å². The third-order valence-corrected chi connectivity index (χ3v) is 2.78. The molecule has 2 aromatic rings. The maximum Gasteiger partial charge on any atom is 0.151 e. The second-order valence-electron chi connectivity index (χ2n) is 3.73. The summed E-state index contributed by atoms with van der Waals surface area (Å²) in [4.78, 5) is 0. The van der Waals surface area contributed by atoms with Crippen molar-refractivity contribution in [2.75, 3.05) is 5.73 Å². The van der Waals surface area contributed by atoms with Crippen LogP contribution in [0.2, 0.25) is 5.02 Å². The number of nitrogens with two attached hydrogens (primary N) is 1. The number of anilines is 1. The van der Waals surface area contributed by atoms with Gasteiger partial charge in [-0.1, -0.05) is 29.8 Å². The summed E-state index contributed by atoms with van der Waals surface area (Å²) in [5, 5.41) is 9.04. The van der Waals surface area contributed by atoms with Crippen molar-refractivity contribution in [1.82, 2.24) is 0 Å². The summed E-state index contributed by atoms with van der Waals surface area (Å²) in [6, 6.07) is 14.6. The fourth-order valence-electron chi connectivity index (χ4n) is 1.50. The molecule has 0 aliphatic rings. The van der Waals surface area contributed by atoms with Gasteiger partial charge >= 0.3 is 0 Å². The summed E-state index contributed by atoms with van der Waals surface area (Å²) in [7, 11) is 0. The topological polar surface area (TPSA) is 59.0 Å². The van der Waals surface area contributed by atoms with Crippen molar-refractivity contribution >= 4 is 17.3 Å². The Labute approximate surface area is 110 Å². The van der Waals surface area contributed by atoms with Crippen LogP contribution in [0, 0.1) is 11.3 Å². The largest absolute Gasteiger partial charge is 0.455 e. The highest BCUT2D eigenvalue weighted by Gasteiger charge is 2.05. The minimum absolute atomic E-state index is 0.388. The van der Waals surface area contributed by atoms with Gasteiger partial charge < -0.3 is 10.5 Å². The van der Waals surface area contributed by atoms with Gasteiger partial charge in [-0.15, -0.1) is 0 Å². The number of hydrogen-bond donors (Lipinski definition) is 1. The minimum atomic E-state index is 0.388. The van der Waals surface area contributed by atoms with Gasteiger partial charge in [0.15, 0.2) is 5.75 Å². The van der Waals surface area contributed by atoms with Crippen LogP contribution in [0.1, 0.15) is 5.56 Å². The summed E-state index contributed by atoms with van der Waals surface area (Å²) in [6.45, 7) is 0. The van der Waals surface area contributed by atoms with Gasteiger partial charge in [0.2, 0.25) is 0 Å². The molecule has 0 heterocycles. The first-order valence-corrected chi connectivity index (χ1v) is 5.76. The summed E-state index contributed by atoms with van der Waals surface area (Å²) in [6.07, 6.45) is 0.388. The Balaban J connectivity index is 2.19. The number of nitriles is 1. The molecule has 3 nitrogen and oxygen atoms in total. The number of nitrogens with zero attached hydrogens (tertiary/aromatic N) is 1. The maximum absolute atomic E-state index is 8.58. The molecule has 0 aliphatic heterocycles. The van der Waals surface area contributed by atoms with Gasteiger partial charge in [-0.2, -0.15) is 5.26 Å². The van der Waals surface area contributed by atoms with Gasteiger partial charge in [0.05, 0.1) is 23.2 Å². The third kappa shape index (κ3) is 2.73. The highest BCUT2D eigenvalue weighted by Crippen LogP contribution is 2.32. The van der Waals surface area contributed by atoms with Gasteiger partial charge in [-0.3, -0.25) is 0 Å². The Bertz CT molecular complexity index is 588. The van der Waals surface area contributed by atoms with Crippen LogP contribution in [0.25, 0.3) is 0 Å². The first-order chi connectivity index (χ1) is 8.70. The summed E-state index contributed by atoms with van der Waals surface area (Å²) >= 11 is 5.91. The van der Waals surface area contributed by atoms with Crippen molar-refractivity contribution in [2.24, 2.45) is 0 Å². The number of ether oxygens (including phenoxy) is 1. The van der Waals surface area contributed by atoms with Gasteiger partial charge in [-0.25, -0.2) is 0 Å². The number of para-hydroxylation sites is 1. The van der Waals surface area contributed by atoms with E-state index in [-0.39, 0.29) is 0 Å². The molecule has 90 valence electrons. The Kier molecular flexibility index (Phi) is 3.71. The molecule has 0 fully saturated rings. The summed E-state index contributed by atoms with van der Waals surface area (Å²) in [5.41, 5.74) is 7.17. The zero-order chi connectivity index (χ0) is 13.0. The lowest BCUT2D eigenvalue weighted by atomic mass is 10.2. The molecule has 0 bridgehead atoms. The van der Waals surface area contributed by atoms with E-state index in [0.29, 0.717) is 28.6 Å². The van der Waals surface area contributed by atoms with Gasteiger partial charge in [0.1, 0.15) is 5.75 Å². The van der Waals surface area contributed by atoms with Crippen molar-refractivity contribution in [3.63, 3.8) is 0 Å². The van der Waals surface area contributed by atoms with E-state index in [2.05, 4.69) is 6.07 Å². The minimum Gasteiger partial charge on any atom is -0.455 e. The molecule has 2 rings (SSSR count). The second-order valence-corrected chi connectivity index (χ2v) is 4.14. The average molecular weight is 259 g/mol. The van der Waals surface area contributed by atoms with Gasteiger partial charge in [0.25, 0.3) is 0 Å². The van der Waals surface area contributed by atoms with Crippen LogP contribution in [0.3, 0.4) is 0 Å². The van der Waals surface area contributed by atoms with Crippen molar-refractivity contribution < 1.29 is 4.74 Å². The van der Waals surface area contributed by atoms with E-state index in [4.69, 9.17) is 27.3 Å². The van der Waals surface area contributed by atoms with E-state index in [1.54, 1.807) is 30.3 Å². The fourth-order valence-corrected chi connectivity index (χ4v) is 1.67. The van der Waals surface area contributed by atoms with Crippen molar-refractivity contribution in [3.05, 3.63) is 53.1 Å². The van der Waals surface area contributed by atoms with E-state index < -0.39 is 0 Å². The zero-order valence-corrected chi connectivity index (χ0v) is 10.3. The van der Waals surface area contributed by atoms with E-state index in [9.17, 15) is 0 Å². The van der Waals surface area contributed by atoms with Crippen molar-refractivity contribution in [1.29, 1.82) is 5.26 Å². The molecule has 2 N–H and O–H groups in total.